The largest absolute Gasteiger partial charge is 0.467 e. The number of nitrogens with zero attached hydrogens (tertiary/aromatic N) is 1. The van der Waals surface area contributed by atoms with E-state index in [9.17, 15) is 101 Å². The van der Waals surface area contributed by atoms with Crippen LogP contribution in [0.3, 0.4) is 0 Å². The summed E-state index contributed by atoms with van der Waals surface area (Å²) in [7, 11) is 0. The van der Waals surface area contributed by atoms with Gasteiger partial charge >= 0.3 is 65.4 Å². The number of piperidine rings is 1. The second-order valence-corrected chi connectivity index (χ2v) is 7.22. The van der Waals surface area contributed by atoms with Crippen molar-refractivity contribution >= 4 is 0 Å². The fourth-order valence-electron chi connectivity index (χ4n) is 3.41. The van der Waals surface area contributed by atoms with E-state index in [0.717, 1.165) is 0 Å². The van der Waals surface area contributed by atoms with Crippen LogP contribution in [0.15, 0.2) is 0 Å². The van der Waals surface area contributed by atoms with Gasteiger partial charge in [0.15, 0.2) is 0 Å². The molecule has 2 aliphatic rings. The lowest BCUT2D eigenvalue weighted by Crippen LogP contribution is -2.97. The number of likely N-dealkylation sites (tertiary alicyclic amines) is 1. The van der Waals surface area contributed by atoms with Crippen molar-refractivity contribution < 1.29 is 106 Å². The summed E-state index contributed by atoms with van der Waals surface area (Å²) in [4.78, 5) is -5.19. The maximum absolute atomic E-state index is 15.0. The molecule has 0 spiro atoms. The number of alkyl halides is 23. The molecule has 0 amide bonds. The Bertz CT molecular complexity index is 903. The molecule has 1 aliphatic carbocycles. The first-order valence-electron chi connectivity index (χ1n) is 7.77. The summed E-state index contributed by atoms with van der Waals surface area (Å²) >= 11 is 0. The minimum absolute atomic E-state index is 0. The Balaban J connectivity index is 0.00000684. The highest BCUT2D eigenvalue weighted by Crippen LogP contribution is 2.78. The van der Waals surface area contributed by atoms with E-state index in [4.69, 9.17) is 0 Å². The van der Waals surface area contributed by atoms with Gasteiger partial charge in [0, 0.05) is 0 Å². The molecular formula is C12H2F23NO. The Labute approximate surface area is 184 Å². The highest BCUT2D eigenvalue weighted by atomic mass is 19.4. The second-order valence-electron chi connectivity index (χ2n) is 7.22. The fraction of sp³-hybridized carbons (Fsp3) is 1.00. The molecule has 0 radical (unpaired) electrons. The zero-order chi connectivity index (χ0) is 29.6. The summed E-state index contributed by atoms with van der Waals surface area (Å²) in [5.41, 5.74) is -9.61. The van der Waals surface area contributed by atoms with E-state index in [2.05, 4.69) is 0 Å². The van der Waals surface area contributed by atoms with Gasteiger partial charge in [0.05, 0.1) is 0 Å². The number of rotatable bonds is 1. The maximum atomic E-state index is 15.0. The molecule has 2 nitrogen and oxygen atoms in total. The van der Waals surface area contributed by atoms with Crippen LogP contribution in [0.2, 0.25) is 0 Å². The molecule has 25 heteroatoms. The van der Waals surface area contributed by atoms with Crippen molar-refractivity contribution in [3.05, 3.63) is 0 Å². The van der Waals surface area contributed by atoms with Crippen molar-refractivity contribution in [3.63, 3.8) is 0 Å². The lowest BCUT2D eigenvalue weighted by atomic mass is 9.63. The minimum atomic E-state index is -9.61. The van der Waals surface area contributed by atoms with E-state index in [1.54, 1.807) is 0 Å². The second kappa shape index (κ2) is 7.08. The Morgan fingerprint density at radius 1 is 0.351 bits per heavy atom. The molecule has 1 aliphatic heterocycles. The normalized spacial score (nSPS) is 35.8. The third-order valence-electron chi connectivity index (χ3n) is 5.32. The van der Waals surface area contributed by atoms with Crippen LogP contribution in [-0.2, 0) is 0 Å². The molecule has 1 atom stereocenters. The Kier molecular flexibility index (Phi) is 6.38. The molecule has 2 N–H and O–H groups in total. The van der Waals surface area contributed by atoms with Crippen LogP contribution >= 0.6 is 0 Å². The average molecular weight is 613 g/mol. The van der Waals surface area contributed by atoms with Gasteiger partial charge in [-0.2, -0.15) is 92.2 Å². The van der Waals surface area contributed by atoms with Crippen molar-refractivity contribution in [2.75, 3.05) is 0 Å². The molecule has 1 heterocycles. The molecule has 1 saturated carbocycles. The van der Waals surface area contributed by atoms with Gasteiger partial charge in [0.2, 0.25) is 0 Å². The predicted octanol–water partition coefficient (Wildman–Crippen LogP) is 6.06. The lowest BCUT2D eigenvalue weighted by Gasteiger charge is -2.62. The highest BCUT2D eigenvalue weighted by Gasteiger charge is 3.11. The summed E-state index contributed by atoms with van der Waals surface area (Å²) in [6, 6.07) is -8.67. The molecule has 1 unspecified atom stereocenters. The van der Waals surface area contributed by atoms with E-state index >= 15 is 0 Å². The van der Waals surface area contributed by atoms with E-state index in [0.29, 0.717) is 0 Å². The monoisotopic (exact) mass is 613 g/mol. The fourth-order valence-corrected chi connectivity index (χ4v) is 3.41. The molecule has 0 aromatic carbocycles. The van der Waals surface area contributed by atoms with Crippen LogP contribution in [0.5, 0.6) is 0 Å². The van der Waals surface area contributed by atoms with Gasteiger partial charge in [-0.25, -0.2) is 8.78 Å². The van der Waals surface area contributed by atoms with E-state index in [-0.39, 0.29) is 5.48 Å². The predicted molar refractivity (Wildman–Crippen MR) is 63.7 cm³/mol. The van der Waals surface area contributed by atoms with E-state index in [1.807, 2.05) is 0 Å². The van der Waals surface area contributed by atoms with Gasteiger partial charge in [-0.15, -0.1) is 4.90 Å². The van der Waals surface area contributed by atoms with E-state index in [1.165, 1.54) is 0 Å². The molecular weight excluding hydrogens is 611 g/mol. The van der Waals surface area contributed by atoms with Gasteiger partial charge in [-0.3, -0.25) is 0 Å². The van der Waals surface area contributed by atoms with Crippen molar-refractivity contribution in [1.82, 2.24) is 4.90 Å². The van der Waals surface area contributed by atoms with Crippen LogP contribution in [0.25, 0.3) is 0 Å². The molecule has 0 aromatic heterocycles. The van der Waals surface area contributed by atoms with Gasteiger partial charge in [-0.05, 0) is 0 Å². The average Bonchev–Trinajstić information content (AvgIpc) is 2.62. The van der Waals surface area contributed by atoms with Crippen LogP contribution in [0, 0.1) is 0 Å². The quantitative estimate of drug-likeness (QED) is 0.262. The summed E-state index contributed by atoms with van der Waals surface area (Å²) in [6.07, 6.45) is -8.50. The smallest absolute Gasteiger partial charge is 0.412 e. The summed E-state index contributed by atoms with van der Waals surface area (Å²) in [6.45, 7) is 0. The van der Waals surface area contributed by atoms with Gasteiger partial charge < -0.3 is 5.48 Å². The number of hydrogen-bond donors (Lipinski definition) is 0. The topological polar surface area (TPSA) is 34.7 Å². The molecule has 2 rings (SSSR count). The third kappa shape index (κ3) is 2.69. The summed E-state index contributed by atoms with van der Waals surface area (Å²) < 4.78 is 313. The Morgan fingerprint density at radius 2 is 0.595 bits per heavy atom. The first kappa shape index (κ1) is 33.3. The van der Waals surface area contributed by atoms with Crippen molar-refractivity contribution in [2.45, 2.75) is 71.2 Å². The van der Waals surface area contributed by atoms with Crippen LogP contribution in [0.1, 0.15) is 0 Å². The van der Waals surface area contributed by atoms with Gasteiger partial charge in [0.25, 0.3) is 5.79 Å². The Hall–Kier alpha value is -1.69. The van der Waals surface area contributed by atoms with Crippen molar-refractivity contribution in [1.29, 1.82) is 0 Å². The first-order chi connectivity index (χ1) is 15.1. The lowest BCUT2D eigenvalue weighted by molar-refractivity contribution is -0.578. The molecule has 37 heavy (non-hydrogen) atoms. The molecule has 1 saturated heterocycles. The molecule has 2 fully saturated rings. The SMILES string of the molecule is FC(F)(F)N1C(F)(F)C(F)(F)C(F)(F)C(F)(F)C1(F)C1(F)C(F)(F)C(F)(F)C(F)(F)C(F)(F)C1(F)F.O. The van der Waals surface area contributed by atoms with Crippen LogP contribution in [-0.4, -0.2) is 81.6 Å². The van der Waals surface area contributed by atoms with Crippen molar-refractivity contribution in [3.8, 4) is 0 Å². The van der Waals surface area contributed by atoms with Gasteiger partial charge in [-0.1, -0.05) is 0 Å². The summed E-state index contributed by atoms with van der Waals surface area (Å²) in [5.74, 6) is -80.4. The van der Waals surface area contributed by atoms with Crippen LogP contribution in [0.4, 0.5) is 101 Å². The third-order valence-corrected chi connectivity index (χ3v) is 5.32. The number of halogens is 23. The molecule has 0 bridgehead atoms. The Morgan fingerprint density at radius 3 is 0.865 bits per heavy atom. The first-order valence-corrected chi connectivity index (χ1v) is 7.77. The van der Waals surface area contributed by atoms with E-state index < -0.39 is 76.1 Å². The molecule has 0 aromatic rings. The molecule has 222 valence electrons. The minimum Gasteiger partial charge on any atom is -0.412 e. The standard InChI is InChI=1S/C12F23N.H2O/c13-1(2(14,15)4(18,19)6(22,23)5(20,21)3(1,16)17)10(30)8(26,27)7(24,25)9(28,29)11(31,32)36(10)12(33,34)35;/h;1H2. The van der Waals surface area contributed by atoms with Crippen LogP contribution < -0.4 is 0 Å². The van der Waals surface area contributed by atoms with Crippen molar-refractivity contribution in [2.24, 2.45) is 0 Å². The number of hydrogen-bond acceptors (Lipinski definition) is 1. The maximum Gasteiger partial charge on any atom is 0.467 e. The zero-order valence-corrected chi connectivity index (χ0v) is 15.6. The zero-order valence-electron chi connectivity index (χ0n) is 15.6. The summed E-state index contributed by atoms with van der Waals surface area (Å²) in [5, 5.41) is 0. The highest BCUT2D eigenvalue weighted by molar-refractivity contribution is 5.36. The van der Waals surface area contributed by atoms with Gasteiger partial charge in [0.1, 0.15) is 0 Å².